The number of carbonyl (C=O) groups excluding carboxylic acids is 1. The van der Waals surface area contributed by atoms with Gasteiger partial charge in [0.05, 0.1) is 18.8 Å². The molecule has 4 rings (SSSR count). The van der Waals surface area contributed by atoms with E-state index < -0.39 is 0 Å². The second-order valence-corrected chi connectivity index (χ2v) is 9.29. The molecule has 0 bridgehead atoms. The Morgan fingerprint density at radius 3 is 2.26 bits per heavy atom. The van der Waals surface area contributed by atoms with Crippen LogP contribution in [0.15, 0.2) is 24.3 Å². The van der Waals surface area contributed by atoms with E-state index >= 15 is 0 Å². The van der Waals surface area contributed by atoms with E-state index in [0.717, 1.165) is 11.3 Å². The van der Waals surface area contributed by atoms with Crippen molar-refractivity contribution in [1.82, 2.24) is 14.9 Å². The van der Waals surface area contributed by atoms with Gasteiger partial charge >= 0.3 is 0 Å². The predicted octanol–water partition coefficient (Wildman–Crippen LogP) is 4.32. The van der Waals surface area contributed by atoms with E-state index in [4.69, 9.17) is 14.7 Å². The maximum Gasteiger partial charge on any atom is 0.273 e. The SMILES string of the molecule is CC(C)c1ccc(Nc2nc(N3C[C@H](C)O[C@@H](C)C3)nc3c2CN(C(C)C)C3=O)cc1. The number of aromatic nitrogens is 2. The summed E-state index contributed by atoms with van der Waals surface area (Å²) in [6, 6.07) is 8.50. The van der Waals surface area contributed by atoms with Gasteiger partial charge in [-0.1, -0.05) is 26.0 Å². The number of anilines is 3. The van der Waals surface area contributed by atoms with Crippen molar-refractivity contribution in [3.05, 3.63) is 41.1 Å². The smallest absolute Gasteiger partial charge is 0.273 e. The van der Waals surface area contributed by atoms with Crippen molar-refractivity contribution in [2.75, 3.05) is 23.3 Å². The van der Waals surface area contributed by atoms with Crippen molar-refractivity contribution < 1.29 is 9.53 Å². The molecule has 7 nitrogen and oxygen atoms in total. The van der Waals surface area contributed by atoms with Gasteiger partial charge < -0.3 is 19.9 Å². The largest absolute Gasteiger partial charge is 0.372 e. The van der Waals surface area contributed by atoms with Crippen LogP contribution in [0.2, 0.25) is 0 Å². The Kier molecular flexibility index (Phi) is 5.88. The standard InChI is InChI=1S/C24H33N5O2/c1-14(2)18-7-9-19(10-8-18)25-22-20-13-29(15(3)4)23(30)21(20)26-24(27-22)28-11-16(5)31-17(6)12-28/h7-10,14-17H,11-13H2,1-6H3,(H,25,26,27)/t16-,17-/m0/s1. The molecule has 3 heterocycles. The first-order valence-corrected chi connectivity index (χ1v) is 11.2. The third-order valence-corrected chi connectivity index (χ3v) is 5.95. The highest BCUT2D eigenvalue weighted by Crippen LogP contribution is 2.33. The summed E-state index contributed by atoms with van der Waals surface area (Å²) in [5.41, 5.74) is 3.61. The van der Waals surface area contributed by atoms with Gasteiger partial charge in [-0.3, -0.25) is 4.79 Å². The molecular formula is C24H33N5O2. The first-order chi connectivity index (χ1) is 14.7. The van der Waals surface area contributed by atoms with E-state index in [1.807, 2.05) is 18.7 Å². The number of ether oxygens (including phenoxy) is 1. The number of rotatable bonds is 5. The minimum atomic E-state index is -0.0267. The number of nitrogens with one attached hydrogen (secondary N) is 1. The summed E-state index contributed by atoms with van der Waals surface area (Å²) < 4.78 is 5.87. The number of fused-ring (bicyclic) bond motifs is 1. The van der Waals surface area contributed by atoms with E-state index in [-0.39, 0.29) is 24.2 Å². The summed E-state index contributed by atoms with van der Waals surface area (Å²) in [6.45, 7) is 14.5. The molecule has 2 aliphatic rings. The lowest BCUT2D eigenvalue weighted by Gasteiger charge is -2.35. The third kappa shape index (κ3) is 4.37. The Labute approximate surface area is 184 Å². The molecule has 2 aromatic rings. The first-order valence-electron chi connectivity index (χ1n) is 11.2. The van der Waals surface area contributed by atoms with Gasteiger partial charge in [-0.25, -0.2) is 4.98 Å². The van der Waals surface area contributed by atoms with Crippen molar-refractivity contribution >= 4 is 23.4 Å². The normalized spacial score (nSPS) is 21.2. The zero-order valence-electron chi connectivity index (χ0n) is 19.3. The molecule has 2 atom stereocenters. The zero-order chi connectivity index (χ0) is 22.3. The predicted molar refractivity (Wildman–Crippen MR) is 123 cm³/mol. The average molecular weight is 424 g/mol. The van der Waals surface area contributed by atoms with E-state index in [2.05, 4.69) is 62.2 Å². The summed E-state index contributed by atoms with van der Waals surface area (Å²) >= 11 is 0. The molecule has 1 amide bonds. The Bertz CT molecular complexity index is 947. The lowest BCUT2D eigenvalue weighted by atomic mass is 10.0. The van der Waals surface area contributed by atoms with E-state index in [0.29, 0.717) is 43.0 Å². The highest BCUT2D eigenvalue weighted by atomic mass is 16.5. The van der Waals surface area contributed by atoms with Crippen LogP contribution in [0.25, 0.3) is 0 Å². The number of morpholine rings is 1. The maximum absolute atomic E-state index is 13.1. The fourth-order valence-corrected chi connectivity index (χ4v) is 4.27. The molecule has 1 saturated heterocycles. The zero-order valence-corrected chi connectivity index (χ0v) is 19.3. The van der Waals surface area contributed by atoms with Gasteiger partial charge in [0.2, 0.25) is 5.95 Å². The topological polar surface area (TPSA) is 70.6 Å². The minimum absolute atomic E-state index is 0.0267. The van der Waals surface area contributed by atoms with Crippen molar-refractivity contribution in [3.63, 3.8) is 0 Å². The number of benzene rings is 1. The lowest BCUT2D eigenvalue weighted by Crippen LogP contribution is -2.46. The van der Waals surface area contributed by atoms with Gasteiger partial charge in [-0.15, -0.1) is 0 Å². The van der Waals surface area contributed by atoms with Crippen molar-refractivity contribution in [2.24, 2.45) is 0 Å². The van der Waals surface area contributed by atoms with Gasteiger partial charge in [0.25, 0.3) is 5.91 Å². The summed E-state index contributed by atoms with van der Waals surface area (Å²) in [5.74, 6) is 1.74. The monoisotopic (exact) mass is 423 g/mol. The maximum atomic E-state index is 13.1. The number of hydrogen-bond donors (Lipinski definition) is 1. The number of nitrogens with zero attached hydrogens (tertiary/aromatic N) is 4. The molecular weight excluding hydrogens is 390 g/mol. The second kappa shape index (κ2) is 8.46. The Balaban J connectivity index is 1.72. The van der Waals surface area contributed by atoms with Gasteiger partial charge in [-0.2, -0.15) is 4.98 Å². The van der Waals surface area contributed by atoms with E-state index in [1.165, 1.54) is 5.56 Å². The third-order valence-electron chi connectivity index (χ3n) is 5.95. The second-order valence-electron chi connectivity index (χ2n) is 9.29. The minimum Gasteiger partial charge on any atom is -0.372 e. The average Bonchev–Trinajstić information content (AvgIpc) is 3.05. The van der Waals surface area contributed by atoms with Crippen molar-refractivity contribution in [2.45, 2.75) is 72.3 Å². The quantitative estimate of drug-likeness (QED) is 0.772. The van der Waals surface area contributed by atoms with Crippen LogP contribution in [-0.4, -0.2) is 52.1 Å². The van der Waals surface area contributed by atoms with Gasteiger partial charge in [0, 0.05) is 30.4 Å². The van der Waals surface area contributed by atoms with Gasteiger partial charge in [0.1, 0.15) is 11.5 Å². The molecule has 0 radical (unpaired) electrons. The summed E-state index contributed by atoms with van der Waals surface area (Å²) in [6.07, 6.45) is 0.173. The van der Waals surface area contributed by atoms with Crippen LogP contribution in [0.3, 0.4) is 0 Å². The molecule has 166 valence electrons. The fraction of sp³-hybridized carbons (Fsp3) is 0.542. The van der Waals surface area contributed by atoms with Crippen LogP contribution < -0.4 is 10.2 Å². The molecule has 1 aromatic heterocycles. The van der Waals surface area contributed by atoms with Crippen LogP contribution in [0, 0.1) is 0 Å². The van der Waals surface area contributed by atoms with Crippen LogP contribution >= 0.6 is 0 Å². The molecule has 0 spiro atoms. The molecule has 0 saturated carbocycles. The molecule has 1 fully saturated rings. The summed E-state index contributed by atoms with van der Waals surface area (Å²) in [4.78, 5) is 26.7. The molecule has 31 heavy (non-hydrogen) atoms. The fourth-order valence-electron chi connectivity index (χ4n) is 4.27. The summed E-state index contributed by atoms with van der Waals surface area (Å²) in [7, 11) is 0. The van der Waals surface area contributed by atoms with Crippen LogP contribution in [-0.2, 0) is 11.3 Å². The molecule has 2 aliphatic heterocycles. The van der Waals surface area contributed by atoms with Crippen LogP contribution in [0.5, 0.6) is 0 Å². The van der Waals surface area contributed by atoms with E-state index in [9.17, 15) is 4.79 Å². The molecule has 0 unspecified atom stereocenters. The Morgan fingerprint density at radius 1 is 1.03 bits per heavy atom. The first kappa shape index (κ1) is 21.6. The van der Waals surface area contributed by atoms with E-state index in [1.54, 1.807) is 0 Å². The summed E-state index contributed by atoms with van der Waals surface area (Å²) in [5, 5.41) is 3.46. The Hall–Kier alpha value is -2.67. The molecule has 7 heteroatoms. The highest BCUT2D eigenvalue weighted by Gasteiger charge is 2.35. The van der Waals surface area contributed by atoms with Crippen molar-refractivity contribution in [1.29, 1.82) is 0 Å². The molecule has 0 aliphatic carbocycles. The van der Waals surface area contributed by atoms with Gasteiger partial charge in [-0.05, 0) is 51.3 Å². The highest BCUT2D eigenvalue weighted by molar-refractivity contribution is 5.98. The number of amides is 1. The molecule has 1 aromatic carbocycles. The number of carbonyl (C=O) groups is 1. The lowest BCUT2D eigenvalue weighted by molar-refractivity contribution is -0.00571. The number of hydrogen-bond acceptors (Lipinski definition) is 6. The van der Waals surface area contributed by atoms with Gasteiger partial charge in [0.15, 0.2) is 0 Å². The molecule has 1 N–H and O–H groups in total. The van der Waals surface area contributed by atoms with Crippen molar-refractivity contribution in [3.8, 4) is 0 Å². The van der Waals surface area contributed by atoms with Crippen LogP contribution in [0.1, 0.15) is 69.1 Å². The van der Waals surface area contributed by atoms with Crippen LogP contribution in [0.4, 0.5) is 17.5 Å². The Morgan fingerprint density at radius 2 is 1.68 bits per heavy atom.